The maximum atomic E-state index is 10.7. The van der Waals surface area contributed by atoms with E-state index in [1.165, 1.54) is 0 Å². The number of rotatable bonds is 6. The van der Waals surface area contributed by atoms with Crippen LogP contribution in [0.15, 0.2) is 24.7 Å². The molecule has 0 radical (unpaired) electrons. The molecule has 2 heterocycles. The standard InChI is InChI=1S/C15H22N4O2/c1-11-9-16-6-5-12(11)15(20)14-13(21-4)10-17-19(14)8-7-18(2)3/h5-6,9-10,15,20H,7-8H2,1-4H3. The zero-order valence-electron chi connectivity index (χ0n) is 12.9. The van der Waals surface area contributed by atoms with Gasteiger partial charge in [0.1, 0.15) is 11.8 Å². The number of hydrogen-bond donors (Lipinski definition) is 1. The van der Waals surface area contributed by atoms with Gasteiger partial charge in [-0.3, -0.25) is 9.67 Å². The van der Waals surface area contributed by atoms with Crippen LogP contribution in [-0.4, -0.2) is 52.5 Å². The fraction of sp³-hybridized carbons (Fsp3) is 0.467. The summed E-state index contributed by atoms with van der Waals surface area (Å²) in [4.78, 5) is 6.13. The summed E-state index contributed by atoms with van der Waals surface area (Å²) in [5.74, 6) is 0.595. The molecule has 0 fully saturated rings. The molecule has 0 aromatic carbocycles. The van der Waals surface area contributed by atoms with Crippen LogP contribution in [0.25, 0.3) is 0 Å². The Labute approximate surface area is 125 Å². The second-order valence-corrected chi connectivity index (χ2v) is 5.26. The highest BCUT2D eigenvalue weighted by atomic mass is 16.5. The fourth-order valence-electron chi connectivity index (χ4n) is 2.22. The highest BCUT2D eigenvalue weighted by Gasteiger charge is 2.22. The summed E-state index contributed by atoms with van der Waals surface area (Å²) in [5.41, 5.74) is 2.43. The topological polar surface area (TPSA) is 63.4 Å². The van der Waals surface area contributed by atoms with Crippen molar-refractivity contribution < 1.29 is 9.84 Å². The van der Waals surface area contributed by atoms with Gasteiger partial charge in [0.25, 0.3) is 0 Å². The first-order valence-corrected chi connectivity index (χ1v) is 6.87. The van der Waals surface area contributed by atoms with Gasteiger partial charge in [-0.1, -0.05) is 0 Å². The van der Waals surface area contributed by atoms with Crippen molar-refractivity contribution in [2.45, 2.75) is 19.6 Å². The van der Waals surface area contributed by atoms with E-state index < -0.39 is 6.10 Å². The van der Waals surface area contributed by atoms with Crippen LogP contribution in [0.1, 0.15) is 22.9 Å². The third-order valence-electron chi connectivity index (χ3n) is 3.44. The van der Waals surface area contributed by atoms with E-state index in [-0.39, 0.29) is 0 Å². The molecule has 2 rings (SSSR count). The lowest BCUT2D eigenvalue weighted by molar-refractivity contribution is 0.199. The van der Waals surface area contributed by atoms with Gasteiger partial charge in [0.15, 0.2) is 5.75 Å². The van der Waals surface area contributed by atoms with E-state index in [1.807, 2.05) is 27.1 Å². The summed E-state index contributed by atoms with van der Waals surface area (Å²) in [5, 5.41) is 15.1. The van der Waals surface area contributed by atoms with Crippen LogP contribution in [0.2, 0.25) is 0 Å². The molecule has 0 aliphatic rings. The van der Waals surface area contributed by atoms with E-state index in [4.69, 9.17) is 4.74 Å². The largest absolute Gasteiger partial charge is 0.493 e. The molecule has 2 aromatic rings. The van der Waals surface area contributed by atoms with Gasteiger partial charge in [-0.15, -0.1) is 0 Å². The van der Waals surface area contributed by atoms with Gasteiger partial charge in [0, 0.05) is 18.9 Å². The number of pyridine rings is 1. The third kappa shape index (κ3) is 3.40. The molecule has 0 aliphatic carbocycles. The number of aromatic nitrogens is 3. The van der Waals surface area contributed by atoms with Crippen molar-refractivity contribution in [1.82, 2.24) is 19.7 Å². The van der Waals surface area contributed by atoms with Gasteiger partial charge < -0.3 is 14.7 Å². The van der Waals surface area contributed by atoms with Gasteiger partial charge in [-0.05, 0) is 38.2 Å². The van der Waals surface area contributed by atoms with Crippen LogP contribution in [0, 0.1) is 6.92 Å². The average molecular weight is 290 g/mol. The third-order valence-corrected chi connectivity index (χ3v) is 3.44. The maximum Gasteiger partial charge on any atom is 0.163 e. The van der Waals surface area contributed by atoms with Crippen molar-refractivity contribution in [3.05, 3.63) is 41.5 Å². The van der Waals surface area contributed by atoms with Crippen LogP contribution in [0.3, 0.4) is 0 Å². The van der Waals surface area contributed by atoms with Crippen LogP contribution in [-0.2, 0) is 6.54 Å². The van der Waals surface area contributed by atoms with Crippen molar-refractivity contribution in [2.75, 3.05) is 27.7 Å². The van der Waals surface area contributed by atoms with Crippen LogP contribution in [0.4, 0.5) is 0 Å². The lowest BCUT2D eigenvalue weighted by atomic mass is 10.0. The smallest absolute Gasteiger partial charge is 0.163 e. The number of aliphatic hydroxyl groups excluding tert-OH is 1. The fourth-order valence-corrected chi connectivity index (χ4v) is 2.22. The number of aliphatic hydroxyl groups is 1. The number of hydrogen-bond acceptors (Lipinski definition) is 5. The molecule has 0 saturated heterocycles. The highest BCUT2D eigenvalue weighted by molar-refractivity contribution is 5.37. The average Bonchev–Trinajstić information content (AvgIpc) is 2.87. The minimum absolute atomic E-state index is 0.595. The highest BCUT2D eigenvalue weighted by Crippen LogP contribution is 2.31. The van der Waals surface area contributed by atoms with E-state index in [9.17, 15) is 5.11 Å². The molecular weight excluding hydrogens is 268 g/mol. The molecule has 114 valence electrons. The first-order valence-electron chi connectivity index (χ1n) is 6.87. The van der Waals surface area contributed by atoms with Crippen molar-refractivity contribution in [3.63, 3.8) is 0 Å². The molecule has 1 N–H and O–H groups in total. The van der Waals surface area contributed by atoms with Crippen molar-refractivity contribution >= 4 is 0 Å². The Hall–Kier alpha value is -1.92. The Morgan fingerprint density at radius 2 is 2.14 bits per heavy atom. The zero-order valence-corrected chi connectivity index (χ0v) is 12.9. The Morgan fingerprint density at radius 3 is 2.76 bits per heavy atom. The summed E-state index contributed by atoms with van der Waals surface area (Å²) >= 11 is 0. The maximum absolute atomic E-state index is 10.7. The minimum atomic E-state index is -0.785. The Morgan fingerprint density at radius 1 is 1.38 bits per heavy atom. The number of aryl methyl sites for hydroxylation is 1. The van der Waals surface area contributed by atoms with E-state index in [0.717, 1.165) is 17.7 Å². The van der Waals surface area contributed by atoms with E-state index in [0.29, 0.717) is 18.0 Å². The SMILES string of the molecule is COc1cnn(CCN(C)C)c1C(O)c1ccncc1C. The van der Waals surface area contributed by atoms with E-state index >= 15 is 0 Å². The van der Waals surface area contributed by atoms with Gasteiger partial charge >= 0.3 is 0 Å². The summed E-state index contributed by atoms with van der Waals surface area (Å²) in [6.07, 6.45) is 4.28. The number of ether oxygens (including phenoxy) is 1. The van der Waals surface area contributed by atoms with E-state index in [1.54, 1.807) is 30.4 Å². The molecule has 0 saturated carbocycles. The molecule has 0 spiro atoms. The second kappa shape index (κ2) is 6.69. The minimum Gasteiger partial charge on any atom is -0.493 e. The van der Waals surface area contributed by atoms with Crippen LogP contribution < -0.4 is 4.74 Å². The predicted molar refractivity (Wildman–Crippen MR) is 80.4 cm³/mol. The zero-order chi connectivity index (χ0) is 15.4. The summed E-state index contributed by atoms with van der Waals surface area (Å²) in [7, 11) is 5.59. The molecule has 6 heteroatoms. The summed E-state index contributed by atoms with van der Waals surface area (Å²) < 4.78 is 7.14. The quantitative estimate of drug-likeness (QED) is 0.867. The molecule has 1 atom stereocenters. The van der Waals surface area contributed by atoms with E-state index in [2.05, 4.69) is 15.0 Å². The molecule has 0 bridgehead atoms. The number of methoxy groups -OCH3 is 1. The van der Waals surface area contributed by atoms with Gasteiger partial charge in [-0.25, -0.2) is 0 Å². The van der Waals surface area contributed by atoms with Gasteiger partial charge in [0.2, 0.25) is 0 Å². The summed E-state index contributed by atoms with van der Waals surface area (Å²) in [6, 6.07) is 1.82. The number of likely N-dealkylation sites (N-methyl/N-ethyl adjacent to an activating group) is 1. The molecule has 1 unspecified atom stereocenters. The van der Waals surface area contributed by atoms with Crippen molar-refractivity contribution in [1.29, 1.82) is 0 Å². The monoisotopic (exact) mass is 290 g/mol. The lowest BCUT2D eigenvalue weighted by Gasteiger charge is -2.18. The lowest BCUT2D eigenvalue weighted by Crippen LogP contribution is -2.21. The molecule has 21 heavy (non-hydrogen) atoms. The van der Waals surface area contributed by atoms with Crippen molar-refractivity contribution in [3.8, 4) is 5.75 Å². The molecular formula is C15H22N4O2. The number of nitrogens with zero attached hydrogens (tertiary/aromatic N) is 4. The van der Waals surface area contributed by atoms with Crippen LogP contribution >= 0.6 is 0 Å². The second-order valence-electron chi connectivity index (χ2n) is 5.26. The van der Waals surface area contributed by atoms with Crippen LogP contribution in [0.5, 0.6) is 5.75 Å². The molecule has 2 aromatic heterocycles. The molecule has 0 amide bonds. The predicted octanol–water partition coefficient (Wildman–Crippen LogP) is 1.24. The normalized spacial score (nSPS) is 12.7. The Kier molecular flexibility index (Phi) is 4.93. The first-order chi connectivity index (χ1) is 10.0. The van der Waals surface area contributed by atoms with Gasteiger partial charge in [0.05, 0.1) is 19.9 Å². The first kappa shape index (κ1) is 15.5. The van der Waals surface area contributed by atoms with Gasteiger partial charge in [-0.2, -0.15) is 5.10 Å². The molecule has 6 nitrogen and oxygen atoms in total. The Balaban J connectivity index is 2.36. The molecule has 0 aliphatic heterocycles. The Bertz CT molecular complexity index is 595. The van der Waals surface area contributed by atoms with Crippen molar-refractivity contribution in [2.24, 2.45) is 0 Å². The summed E-state index contributed by atoms with van der Waals surface area (Å²) in [6.45, 7) is 3.45.